The van der Waals surface area contributed by atoms with Crippen molar-refractivity contribution in [3.8, 4) is 0 Å². The summed E-state index contributed by atoms with van der Waals surface area (Å²) in [4.78, 5) is 0. The molecule has 1 aromatic heterocycles. The molecule has 1 saturated carbocycles. The number of rotatable bonds is 4. The molecule has 0 bridgehead atoms. The van der Waals surface area contributed by atoms with E-state index in [1.54, 1.807) is 0 Å². The van der Waals surface area contributed by atoms with Gasteiger partial charge in [0.15, 0.2) is 4.77 Å². The smallest absolute Gasteiger partial charge is 0.195 e. The quantitative estimate of drug-likeness (QED) is 0.853. The third kappa shape index (κ3) is 2.12. The maximum Gasteiger partial charge on any atom is 0.195 e. The Morgan fingerprint density at radius 1 is 1.33 bits per heavy atom. The van der Waals surface area contributed by atoms with Gasteiger partial charge < -0.3 is 0 Å². The van der Waals surface area contributed by atoms with Crippen LogP contribution in [0.1, 0.15) is 42.6 Å². The molecule has 3 nitrogen and oxygen atoms in total. The molecule has 94 valence electrons. The first-order valence-electron chi connectivity index (χ1n) is 6.51. The molecule has 0 saturated heterocycles. The van der Waals surface area contributed by atoms with Crippen molar-refractivity contribution in [2.24, 2.45) is 0 Å². The molecule has 2 aromatic rings. The average Bonchev–Trinajstić information content (AvgIpc) is 3.17. The lowest BCUT2D eigenvalue weighted by molar-refractivity contribution is 0.713. The van der Waals surface area contributed by atoms with E-state index in [9.17, 15) is 0 Å². The van der Waals surface area contributed by atoms with Crippen LogP contribution in [0.4, 0.5) is 0 Å². The maximum absolute atomic E-state index is 5.34. The van der Waals surface area contributed by atoms with Gasteiger partial charge in [0.2, 0.25) is 0 Å². The van der Waals surface area contributed by atoms with Gasteiger partial charge >= 0.3 is 0 Å². The predicted molar refractivity (Wildman–Crippen MR) is 74.3 cm³/mol. The standard InChI is InChI=1S/C14H17N3S/c1-2-10-5-3-4-6-12(10)9-17-13(11-7-8-11)15-16-14(17)18/h3-6,11H,2,7-9H2,1H3,(H,16,18). The number of hydrogen-bond acceptors (Lipinski definition) is 2. The minimum absolute atomic E-state index is 0.617. The fourth-order valence-corrected chi connectivity index (χ4v) is 2.57. The minimum Gasteiger partial charge on any atom is -0.299 e. The Labute approximate surface area is 112 Å². The molecule has 0 unspecified atom stereocenters. The molecule has 0 aliphatic heterocycles. The summed E-state index contributed by atoms with van der Waals surface area (Å²) in [6, 6.07) is 8.56. The van der Waals surface area contributed by atoms with Gasteiger partial charge in [0.25, 0.3) is 0 Å². The zero-order valence-electron chi connectivity index (χ0n) is 10.5. The van der Waals surface area contributed by atoms with Crippen molar-refractivity contribution in [1.82, 2.24) is 14.8 Å². The molecule has 1 N–H and O–H groups in total. The number of nitrogens with one attached hydrogen (secondary N) is 1. The second kappa shape index (κ2) is 4.69. The van der Waals surface area contributed by atoms with Crippen molar-refractivity contribution >= 4 is 12.2 Å². The van der Waals surface area contributed by atoms with Crippen molar-refractivity contribution in [3.63, 3.8) is 0 Å². The topological polar surface area (TPSA) is 33.6 Å². The molecule has 18 heavy (non-hydrogen) atoms. The van der Waals surface area contributed by atoms with E-state index in [-0.39, 0.29) is 0 Å². The molecule has 1 heterocycles. The van der Waals surface area contributed by atoms with Crippen molar-refractivity contribution in [2.45, 2.75) is 38.6 Å². The first kappa shape index (κ1) is 11.7. The first-order chi connectivity index (χ1) is 8.79. The number of aromatic amines is 1. The molecule has 0 atom stereocenters. The number of hydrogen-bond donors (Lipinski definition) is 1. The molecule has 1 aliphatic carbocycles. The maximum atomic E-state index is 5.34. The molecule has 1 aliphatic rings. The average molecular weight is 259 g/mol. The van der Waals surface area contributed by atoms with E-state index in [1.807, 2.05) is 0 Å². The number of aryl methyl sites for hydroxylation is 1. The van der Waals surface area contributed by atoms with E-state index < -0.39 is 0 Å². The van der Waals surface area contributed by atoms with Crippen LogP contribution in [0.25, 0.3) is 0 Å². The largest absolute Gasteiger partial charge is 0.299 e. The number of H-pyrrole nitrogens is 1. The molecular weight excluding hydrogens is 242 g/mol. The summed E-state index contributed by atoms with van der Waals surface area (Å²) in [6.07, 6.45) is 3.55. The van der Waals surface area contributed by atoms with Gasteiger partial charge in [-0.3, -0.25) is 9.67 Å². The summed E-state index contributed by atoms with van der Waals surface area (Å²) in [5, 5.41) is 7.31. The number of aromatic nitrogens is 3. The van der Waals surface area contributed by atoms with Crippen LogP contribution < -0.4 is 0 Å². The summed E-state index contributed by atoms with van der Waals surface area (Å²) in [5.74, 6) is 1.75. The monoisotopic (exact) mass is 259 g/mol. The van der Waals surface area contributed by atoms with Crippen molar-refractivity contribution in [2.75, 3.05) is 0 Å². The third-order valence-electron chi connectivity index (χ3n) is 3.56. The summed E-state index contributed by atoms with van der Waals surface area (Å²) in [5.41, 5.74) is 2.74. The zero-order valence-corrected chi connectivity index (χ0v) is 11.3. The second-order valence-electron chi connectivity index (χ2n) is 4.87. The van der Waals surface area contributed by atoms with E-state index in [2.05, 4.69) is 46.0 Å². The molecule has 3 rings (SSSR count). The molecule has 1 fully saturated rings. The lowest BCUT2D eigenvalue weighted by Gasteiger charge is -2.10. The Morgan fingerprint density at radius 2 is 2.06 bits per heavy atom. The third-order valence-corrected chi connectivity index (χ3v) is 3.87. The molecule has 4 heteroatoms. The van der Waals surface area contributed by atoms with E-state index in [1.165, 1.54) is 24.0 Å². The summed E-state index contributed by atoms with van der Waals surface area (Å²) in [6.45, 7) is 3.03. The fraction of sp³-hybridized carbons (Fsp3) is 0.429. The van der Waals surface area contributed by atoms with Gasteiger partial charge in [-0.2, -0.15) is 5.10 Å². The number of benzene rings is 1. The highest BCUT2D eigenvalue weighted by atomic mass is 32.1. The molecule has 0 radical (unpaired) electrons. The number of nitrogens with zero attached hydrogens (tertiary/aromatic N) is 2. The van der Waals surface area contributed by atoms with Gasteiger partial charge in [-0.25, -0.2) is 0 Å². The van der Waals surface area contributed by atoms with E-state index >= 15 is 0 Å². The predicted octanol–water partition coefficient (Wildman–Crippen LogP) is 3.43. The van der Waals surface area contributed by atoms with Crippen LogP contribution in [0.3, 0.4) is 0 Å². The van der Waals surface area contributed by atoms with Crippen molar-refractivity contribution in [1.29, 1.82) is 0 Å². The van der Waals surface area contributed by atoms with Crippen LogP contribution in [-0.4, -0.2) is 14.8 Å². The van der Waals surface area contributed by atoms with E-state index in [0.717, 1.165) is 23.6 Å². The Hall–Kier alpha value is -1.42. The van der Waals surface area contributed by atoms with Crippen LogP contribution in [0, 0.1) is 4.77 Å². The Kier molecular flexibility index (Phi) is 3.04. The summed E-state index contributed by atoms with van der Waals surface area (Å²) >= 11 is 5.34. The van der Waals surface area contributed by atoms with Gasteiger partial charge in [-0.05, 0) is 42.6 Å². The van der Waals surface area contributed by atoms with Gasteiger partial charge in [0.05, 0.1) is 6.54 Å². The molecule has 1 aromatic carbocycles. The highest BCUT2D eigenvalue weighted by molar-refractivity contribution is 7.71. The molecular formula is C14H17N3S. The van der Waals surface area contributed by atoms with E-state index in [4.69, 9.17) is 12.2 Å². The lowest BCUT2D eigenvalue weighted by Crippen LogP contribution is -2.06. The normalized spacial score (nSPS) is 14.9. The van der Waals surface area contributed by atoms with Gasteiger partial charge in [-0.1, -0.05) is 31.2 Å². The second-order valence-corrected chi connectivity index (χ2v) is 5.26. The van der Waals surface area contributed by atoms with Crippen LogP contribution in [0.15, 0.2) is 24.3 Å². The first-order valence-corrected chi connectivity index (χ1v) is 6.92. The highest BCUT2D eigenvalue weighted by Gasteiger charge is 2.29. The van der Waals surface area contributed by atoms with Gasteiger partial charge in [0.1, 0.15) is 5.82 Å². The Balaban J connectivity index is 1.96. The molecule has 0 spiro atoms. The zero-order chi connectivity index (χ0) is 12.5. The van der Waals surface area contributed by atoms with Crippen molar-refractivity contribution in [3.05, 3.63) is 46.0 Å². The Morgan fingerprint density at radius 3 is 2.72 bits per heavy atom. The Bertz CT molecular complexity index is 607. The van der Waals surface area contributed by atoms with Crippen LogP contribution >= 0.6 is 12.2 Å². The van der Waals surface area contributed by atoms with Crippen LogP contribution in [0.5, 0.6) is 0 Å². The van der Waals surface area contributed by atoms with E-state index in [0.29, 0.717) is 5.92 Å². The van der Waals surface area contributed by atoms with Crippen LogP contribution in [-0.2, 0) is 13.0 Å². The minimum atomic E-state index is 0.617. The fourth-order valence-electron chi connectivity index (χ4n) is 2.36. The van der Waals surface area contributed by atoms with Gasteiger partial charge in [0, 0.05) is 5.92 Å². The summed E-state index contributed by atoms with van der Waals surface area (Å²) < 4.78 is 2.89. The van der Waals surface area contributed by atoms with Crippen molar-refractivity contribution < 1.29 is 0 Å². The van der Waals surface area contributed by atoms with Crippen LogP contribution in [0.2, 0.25) is 0 Å². The lowest BCUT2D eigenvalue weighted by atomic mass is 10.1. The SMILES string of the molecule is CCc1ccccc1Cn1c(C2CC2)n[nH]c1=S. The molecule has 0 amide bonds. The summed E-state index contributed by atoms with van der Waals surface area (Å²) in [7, 11) is 0. The van der Waals surface area contributed by atoms with Gasteiger partial charge in [-0.15, -0.1) is 0 Å². The highest BCUT2D eigenvalue weighted by Crippen LogP contribution is 2.39.